The van der Waals surface area contributed by atoms with E-state index in [0.29, 0.717) is 11.8 Å². The number of hydrogen-bond donors (Lipinski definition) is 0. The number of aromatic nitrogens is 2. The Kier molecular flexibility index (Phi) is 3.24. The van der Waals surface area contributed by atoms with Crippen LogP contribution in [0.1, 0.15) is 38.4 Å². The second-order valence-corrected chi connectivity index (χ2v) is 6.78. The van der Waals surface area contributed by atoms with Gasteiger partial charge in [0.2, 0.25) is 5.13 Å². The predicted molar refractivity (Wildman–Crippen MR) is 73.8 cm³/mol. The lowest BCUT2D eigenvalue weighted by Gasteiger charge is -2.42. The number of ether oxygens (including phenoxy) is 1. The van der Waals surface area contributed by atoms with Gasteiger partial charge in [0, 0.05) is 30.5 Å². The molecule has 18 heavy (non-hydrogen) atoms. The van der Waals surface area contributed by atoms with Gasteiger partial charge in [-0.1, -0.05) is 0 Å². The van der Waals surface area contributed by atoms with E-state index in [-0.39, 0.29) is 11.7 Å². The summed E-state index contributed by atoms with van der Waals surface area (Å²) in [6.07, 6.45) is 2.56. The van der Waals surface area contributed by atoms with Crippen LogP contribution in [0.3, 0.4) is 0 Å². The molecule has 1 unspecified atom stereocenters. The van der Waals surface area contributed by atoms with Gasteiger partial charge in [-0.05, 0) is 26.7 Å². The second kappa shape index (κ2) is 4.62. The molecule has 4 nitrogen and oxygen atoms in total. The van der Waals surface area contributed by atoms with Crippen LogP contribution in [0.2, 0.25) is 0 Å². The number of nitrogens with zero attached hydrogens (tertiary/aromatic N) is 3. The molecule has 3 rings (SSSR count). The minimum Gasteiger partial charge on any atom is -0.367 e. The van der Waals surface area contributed by atoms with Crippen LogP contribution in [0.25, 0.3) is 0 Å². The molecule has 0 N–H and O–H groups in total. The topological polar surface area (TPSA) is 38.2 Å². The Morgan fingerprint density at radius 1 is 1.50 bits per heavy atom. The predicted octanol–water partition coefficient (Wildman–Crippen LogP) is 2.64. The van der Waals surface area contributed by atoms with Crippen molar-refractivity contribution in [3.63, 3.8) is 0 Å². The maximum atomic E-state index is 5.94. The third-order valence-corrected chi connectivity index (χ3v) is 4.43. The summed E-state index contributed by atoms with van der Waals surface area (Å²) in [5.41, 5.74) is -0.177. The van der Waals surface area contributed by atoms with Gasteiger partial charge in [0.1, 0.15) is 5.82 Å². The highest BCUT2D eigenvalue weighted by molar-refractivity contribution is 7.09. The zero-order valence-electron chi connectivity index (χ0n) is 10.7. The van der Waals surface area contributed by atoms with E-state index in [2.05, 4.69) is 28.1 Å². The summed E-state index contributed by atoms with van der Waals surface area (Å²) in [6, 6.07) is 0. The van der Waals surface area contributed by atoms with Crippen molar-refractivity contribution < 1.29 is 4.74 Å². The summed E-state index contributed by atoms with van der Waals surface area (Å²) in [5.74, 6) is 2.17. The molecule has 6 heteroatoms. The lowest BCUT2D eigenvalue weighted by Crippen LogP contribution is -2.53. The first-order valence-electron chi connectivity index (χ1n) is 6.40. The Bertz CT molecular complexity index is 433. The van der Waals surface area contributed by atoms with Crippen LogP contribution < -0.4 is 4.90 Å². The van der Waals surface area contributed by atoms with Crippen LogP contribution in [0.5, 0.6) is 0 Å². The van der Waals surface area contributed by atoms with Crippen molar-refractivity contribution in [1.82, 2.24) is 9.36 Å². The number of halogens is 1. The van der Waals surface area contributed by atoms with E-state index in [4.69, 9.17) is 16.3 Å². The lowest BCUT2D eigenvalue weighted by atomic mass is 10.1. The summed E-state index contributed by atoms with van der Waals surface area (Å²) in [6.45, 7) is 5.86. The number of rotatable bonds is 3. The van der Waals surface area contributed by atoms with E-state index in [0.717, 1.165) is 24.0 Å². The van der Waals surface area contributed by atoms with Gasteiger partial charge in [0.25, 0.3) is 0 Å². The minimum absolute atomic E-state index is 0.0729. The largest absolute Gasteiger partial charge is 0.367 e. The molecule has 1 saturated heterocycles. The highest BCUT2D eigenvalue weighted by atomic mass is 35.5. The maximum Gasteiger partial charge on any atom is 0.205 e. The Balaban J connectivity index is 1.76. The van der Waals surface area contributed by atoms with Gasteiger partial charge in [-0.25, -0.2) is 4.98 Å². The van der Waals surface area contributed by atoms with E-state index >= 15 is 0 Å². The average Bonchev–Trinajstić information content (AvgIpc) is 3.05. The quantitative estimate of drug-likeness (QED) is 0.801. The Morgan fingerprint density at radius 3 is 2.94 bits per heavy atom. The molecular weight excluding hydrogens is 270 g/mol. The molecular formula is C12H18ClN3OS. The van der Waals surface area contributed by atoms with Crippen molar-refractivity contribution in [3.8, 4) is 0 Å². The molecule has 0 amide bonds. The number of alkyl halides is 1. The first-order valence-corrected chi connectivity index (χ1v) is 7.70. The highest BCUT2D eigenvalue weighted by Gasteiger charge is 2.35. The molecule has 2 heterocycles. The van der Waals surface area contributed by atoms with Gasteiger partial charge in [-0.15, -0.1) is 11.6 Å². The highest BCUT2D eigenvalue weighted by Crippen LogP contribution is 2.40. The van der Waals surface area contributed by atoms with Crippen LogP contribution >= 0.6 is 23.1 Å². The van der Waals surface area contributed by atoms with E-state index < -0.39 is 0 Å². The standard InChI is InChI=1S/C12H18ClN3OS/c1-12(2)7-16(6-9(5-13)17-12)11-14-10(15-18-11)8-3-4-8/h8-9H,3-7H2,1-2H3. The van der Waals surface area contributed by atoms with Crippen LogP contribution in [0, 0.1) is 0 Å². The SMILES string of the molecule is CC1(C)CN(c2nc(C3CC3)ns2)CC(CCl)O1. The van der Waals surface area contributed by atoms with Gasteiger partial charge in [-0.2, -0.15) is 4.37 Å². The molecule has 0 bridgehead atoms. The van der Waals surface area contributed by atoms with Gasteiger partial charge >= 0.3 is 0 Å². The summed E-state index contributed by atoms with van der Waals surface area (Å²) in [7, 11) is 0. The molecule has 2 aliphatic rings. The van der Waals surface area contributed by atoms with E-state index in [1.54, 1.807) is 0 Å². The minimum atomic E-state index is -0.177. The molecule has 1 saturated carbocycles. The molecule has 1 aliphatic carbocycles. The fourth-order valence-corrected chi connectivity index (χ4v) is 3.30. The third-order valence-electron chi connectivity index (χ3n) is 3.30. The van der Waals surface area contributed by atoms with Crippen molar-refractivity contribution in [1.29, 1.82) is 0 Å². The molecule has 1 aromatic rings. The number of hydrogen-bond acceptors (Lipinski definition) is 5. The molecule has 0 radical (unpaired) electrons. The molecule has 0 aromatic carbocycles. The van der Waals surface area contributed by atoms with Crippen molar-refractivity contribution in [2.45, 2.75) is 44.3 Å². The van der Waals surface area contributed by atoms with E-state index in [1.165, 1.54) is 24.4 Å². The van der Waals surface area contributed by atoms with Gasteiger partial charge < -0.3 is 9.64 Å². The Hall–Kier alpha value is -0.390. The molecule has 1 atom stereocenters. The molecule has 100 valence electrons. The van der Waals surface area contributed by atoms with Crippen molar-refractivity contribution in [2.24, 2.45) is 0 Å². The first kappa shape index (κ1) is 12.6. The van der Waals surface area contributed by atoms with Crippen molar-refractivity contribution in [3.05, 3.63) is 5.82 Å². The third kappa shape index (κ3) is 2.63. The zero-order valence-corrected chi connectivity index (χ0v) is 12.3. The van der Waals surface area contributed by atoms with Gasteiger partial charge in [-0.3, -0.25) is 0 Å². The molecule has 0 spiro atoms. The van der Waals surface area contributed by atoms with Crippen LogP contribution in [0.15, 0.2) is 0 Å². The lowest BCUT2D eigenvalue weighted by molar-refractivity contribution is -0.0734. The number of anilines is 1. The summed E-state index contributed by atoms with van der Waals surface area (Å²) in [5, 5.41) is 1.02. The summed E-state index contributed by atoms with van der Waals surface area (Å²) in [4.78, 5) is 6.93. The van der Waals surface area contributed by atoms with Crippen molar-refractivity contribution >= 4 is 28.3 Å². The summed E-state index contributed by atoms with van der Waals surface area (Å²) < 4.78 is 10.4. The molecule has 2 fully saturated rings. The molecule has 1 aliphatic heterocycles. The second-order valence-electron chi connectivity index (χ2n) is 5.74. The first-order chi connectivity index (χ1) is 8.57. The maximum absolute atomic E-state index is 5.94. The average molecular weight is 288 g/mol. The zero-order chi connectivity index (χ0) is 12.8. The van der Waals surface area contributed by atoms with E-state index in [9.17, 15) is 0 Å². The van der Waals surface area contributed by atoms with Crippen LogP contribution in [-0.2, 0) is 4.74 Å². The fraction of sp³-hybridized carbons (Fsp3) is 0.833. The summed E-state index contributed by atoms with van der Waals surface area (Å²) >= 11 is 7.45. The molecule has 1 aromatic heterocycles. The van der Waals surface area contributed by atoms with Gasteiger partial charge in [0.15, 0.2) is 0 Å². The van der Waals surface area contributed by atoms with Crippen molar-refractivity contribution in [2.75, 3.05) is 23.9 Å². The Morgan fingerprint density at radius 2 is 2.28 bits per heavy atom. The monoisotopic (exact) mass is 287 g/mol. The Labute approximate surface area is 116 Å². The smallest absolute Gasteiger partial charge is 0.205 e. The van der Waals surface area contributed by atoms with Gasteiger partial charge in [0.05, 0.1) is 17.6 Å². The van der Waals surface area contributed by atoms with Crippen LogP contribution in [-0.4, -0.2) is 40.0 Å². The van der Waals surface area contributed by atoms with E-state index in [1.807, 2.05) is 0 Å². The normalized spacial score (nSPS) is 27.5. The number of morpholine rings is 1. The van der Waals surface area contributed by atoms with Crippen LogP contribution in [0.4, 0.5) is 5.13 Å². The fourth-order valence-electron chi connectivity index (χ4n) is 2.38.